The Morgan fingerprint density at radius 2 is 2.15 bits per heavy atom. The highest BCUT2D eigenvalue weighted by molar-refractivity contribution is 7.99. The zero-order chi connectivity index (χ0) is 18.5. The summed E-state index contributed by atoms with van der Waals surface area (Å²) < 4.78 is 6.77. The Morgan fingerprint density at radius 1 is 1.38 bits per heavy atom. The third-order valence-corrected chi connectivity index (χ3v) is 5.50. The number of carbonyl (C=O) groups is 1. The van der Waals surface area contributed by atoms with E-state index in [2.05, 4.69) is 4.98 Å². The SMILES string of the molecule is COCCCn1c(SCC(=O)N(C)CC2CC2)nc2ccccc2c1=O. The molecule has 26 heavy (non-hydrogen) atoms. The summed E-state index contributed by atoms with van der Waals surface area (Å²) in [6.45, 7) is 1.93. The molecule has 0 aliphatic heterocycles. The van der Waals surface area contributed by atoms with Gasteiger partial charge in [-0.3, -0.25) is 14.2 Å². The molecule has 1 aliphatic rings. The van der Waals surface area contributed by atoms with Crippen LogP contribution in [-0.4, -0.2) is 53.4 Å². The Hall–Kier alpha value is -1.86. The minimum atomic E-state index is -0.0620. The second kappa shape index (κ2) is 8.68. The maximum absolute atomic E-state index is 12.8. The van der Waals surface area contributed by atoms with E-state index in [1.807, 2.05) is 25.2 Å². The van der Waals surface area contributed by atoms with Crippen LogP contribution in [0.3, 0.4) is 0 Å². The fourth-order valence-electron chi connectivity index (χ4n) is 2.85. The molecule has 1 amide bonds. The van der Waals surface area contributed by atoms with Gasteiger partial charge in [-0.05, 0) is 37.3 Å². The van der Waals surface area contributed by atoms with Crippen molar-refractivity contribution in [2.45, 2.75) is 31.0 Å². The molecule has 1 aromatic carbocycles. The molecule has 0 spiro atoms. The smallest absolute Gasteiger partial charge is 0.262 e. The zero-order valence-electron chi connectivity index (χ0n) is 15.3. The van der Waals surface area contributed by atoms with Crippen molar-refractivity contribution in [2.24, 2.45) is 5.92 Å². The minimum absolute atomic E-state index is 0.0620. The van der Waals surface area contributed by atoms with Crippen molar-refractivity contribution in [1.82, 2.24) is 14.5 Å². The van der Waals surface area contributed by atoms with Crippen LogP contribution in [0.5, 0.6) is 0 Å². The van der Waals surface area contributed by atoms with Crippen molar-refractivity contribution in [3.8, 4) is 0 Å². The predicted octanol–water partition coefficient (Wildman–Crippen LogP) is 2.39. The number of ether oxygens (including phenoxy) is 1. The van der Waals surface area contributed by atoms with Crippen LogP contribution in [0, 0.1) is 5.92 Å². The molecule has 6 nitrogen and oxygen atoms in total. The van der Waals surface area contributed by atoms with Crippen molar-refractivity contribution in [1.29, 1.82) is 0 Å². The average Bonchev–Trinajstić information content (AvgIpc) is 3.46. The molecule has 0 N–H and O–H groups in total. The molecule has 0 radical (unpaired) electrons. The third kappa shape index (κ3) is 4.65. The van der Waals surface area contributed by atoms with Gasteiger partial charge < -0.3 is 9.64 Å². The van der Waals surface area contributed by atoms with E-state index in [1.165, 1.54) is 24.6 Å². The number of fused-ring (bicyclic) bond motifs is 1. The fourth-order valence-corrected chi connectivity index (χ4v) is 3.81. The maximum atomic E-state index is 12.8. The summed E-state index contributed by atoms with van der Waals surface area (Å²) in [7, 11) is 3.49. The molecule has 1 aliphatic carbocycles. The van der Waals surface area contributed by atoms with Crippen LogP contribution in [-0.2, 0) is 16.1 Å². The molecule has 1 aromatic heterocycles. The van der Waals surface area contributed by atoms with E-state index >= 15 is 0 Å². The van der Waals surface area contributed by atoms with Gasteiger partial charge in [0.25, 0.3) is 5.56 Å². The molecule has 1 heterocycles. The standard InChI is InChI=1S/C19H25N3O3S/c1-21(12-14-8-9-14)17(23)13-26-19-20-16-7-4-3-6-15(16)18(24)22(19)10-5-11-25-2/h3-4,6-7,14H,5,8-13H2,1-2H3. The molecule has 140 valence electrons. The molecule has 3 rings (SSSR count). The van der Waals surface area contributed by atoms with Gasteiger partial charge in [0, 0.05) is 33.9 Å². The van der Waals surface area contributed by atoms with E-state index in [1.54, 1.807) is 22.6 Å². The molecule has 1 saturated carbocycles. The van der Waals surface area contributed by atoms with E-state index in [0.29, 0.717) is 35.1 Å². The van der Waals surface area contributed by atoms with Crippen molar-refractivity contribution in [2.75, 3.05) is 33.1 Å². The van der Waals surface area contributed by atoms with Crippen LogP contribution in [0.1, 0.15) is 19.3 Å². The van der Waals surface area contributed by atoms with Crippen molar-refractivity contribution < 1.29 is 9.53 Å². The molecule has 7 heteroatoms. The van der Waals surface area contributed by atoms with Gasteiger partial charge in [-0.25, -0.2) is 4.98 Å². The second-order valence-corrected chi connectivity index (χ2v) is 7.66. The summed E-state index contributed by atoms with van der Waals surface area (Å²) in [5.41, 5.74) is 0.606. The Morgan fingerprint density at radius 3 is 2.88 bits per heavy atom. The van der Waals surface area contributed by atoms with Crippen LogP contribution in [0.15, 0.2) is 34.2 Å². The van der Waals surface area contributed by atoms with Gasteiger partial charge >= 0.3 is 0 Å². The number of hydrogen-bond acceptors (Lipinski definition) is 5. The highest BCUT2D eigenvalue weighted by Crippen LogP contribution is 2.29. The lowest BCUT2D eigenvalue weighted by molar-refractivity contribution is -0.127. The van der Waals surface area contributed by atoms with Gasteiger partial charge in [0.2, 0.25) is 5.91 Å². The van der Waals surface area contributed by atoms with Crippen LogP contribution < -0.4 is 5.56 Å². The summed E-state index contributed by atoms with van der Waals surface area (Å²) >= 11 is 1.34. The van der Waals surface area contributed by atoms with Crippen molar-refractivity contribution in [3.05, 3.63) is 34.6 Å². The topological polar surface area (TPSA) is 64.4 Å². The van der Waals surface area contributed by atoms with Crippen LogP contribution in [0.2, 0.25) is 0 Å². The van der Waals surface area contributed by atoms with E-state index < -0.39 is 0 Å². The first-order chi connectivity index (χ1) is 12.6. The largest absolute Gasteiger partial charge is 0.385 e. The molecule has 0 saturated heterocycles. The number of amides is 1. The van der Waals surface area contributed by atoms with Crippen LogP contribution >= 0.6 is 11.8 Å². The predicted molar refractivity (Wildman–Crippen MR) is 104 cm³/mol. The highest BCUT2D eigenvalue weighted by atomic mass is 32.2. The first-order valence-electron chi connectivity index (χ1n) is 8.95. The quantitative estimate of drug-likeness (QED) is 0.383. The summed E-state index contributed by atoms with van der Waals surface area (Å²) in [4.78, 5) is 31.6. The molecular weight excluding hydrogens is 350 g/mol. The van der Waals surface area contributed by atoms with E-state index in [9.17, 15) is 9.59 Å². The molecule has 1 fully saturated rings. The van der Waals surface area contributed by atoms with Gasteiger partial charge in [0.15, 0.2) is 5.16 Å². The Kier molecular flexibility index (Phi) is 6.32. The maximum Gasteiger partial charge on any atom is 0.262 e. The van der Waals surface area contributed by atoms with Gasteiger partial charge in [-0.2, -0.15) is 0 Å². The summed E-state index contributed by atoms with van der Waals surface area (Å²) in [6, 6.07) is 7.34. The van der Waals surface area contributed by atoms with Crippen molar-refractivity contribution in [3.63, 3.8) is 0 Å². The molecule has 0 atom stereocenters. The average molecular weight is 375 g/mol. The van der Waals surface area contributed by atoms with Gasteiger partial charge in [-0.1, -0.05) is 23.9 Å². The zero-order valence-corrected chi connectivity index (χ0v) is 16.1. The van der Waals surface area contributed by atoms with Gasteiger partial charge in [0.05, 0.1) is 16.7 Å². The first-order valence-corrected chi connectivity index (χ1v) is 9.94. The number of nitrogens with zero attached hydrogens (tertiary/aromatic N) is 3. The lowest BCUT2D eigenvalue weighted by Crippen LogP contribution is -2.31. The number of thioether (sulfide) groups is 1. The van der Waals surface area contributed by atoms with Gasteiger partial charge in [0.1, 0.15) is 0 Å². The second-order valence-electron chi connectivity index (χ2n) is 6.72. The van der Waals surface area contributed by atoms with E-state index in [4.69, 9.17) is 4.74 Å². The number of benzene rings is 1. The lowest BCUT2D eigenvalue weighted by atomic mass is 10.2. The summed E-state index contributed by atoms with van der Waals surface area (Å²) in [5, 5.41) is 1.20. The number of aromatic nitrogens is 2. The van der Waals surface area contributed by atoms with Crippen LogP contribution in [0.25, 0.3) is 10.9 Å². The lowest BCUT2D eigenvalue weighted by Gasteiger charge is -2.17. The summed E-state index contributed by atoms with van der Waals surface area (Å²) in [5.74, 6) is 1.03. The third-order valence-electron chi connectivity index (χ3n) is 4.54. The Bertz CT molecular complexity index is 832. The fraction of sp³-hybridized carbons (Fsp3) is 0.526. The number of hydrogen-bond donors (Lipinski definition) is 0. The number of carbonyl (C=O) groups excluding carboxylic acids is 1. The summed E-state index contributed by atoms with van der Waals surface area (Å²) in [6.07, 6.45) is 3.16. The molecule has 2 aromatic rings. The van der Waals surface area contributed by atoms with Gasteiger partial charge in [-0.15, -0.1) is 0 Å². The molecule has 0 bridgehead atoms. The number of para-hydroxylation sites is 1. The minimum Gasteiger partial charge on any atom is -0.385 e. The monoisotopic (exact) mass is 375 g/mol. The number of rotatable bonds is 9. The Balaban J connectivity index is 1.79. The van der Waals surface area contributed by atoms with E-state index in [-0.39, 0.29) is 17.2 Å². The van der Waals surface area contributed by atoms with Crippen molar-refractivity contribution >= 4 is 28.6 Å². The first kappa shape index (κ1) is 18.9. The molecule has 0 unspecified atom stereocenters. The number of methoxy groups -OCH3 is 1. The van der Waals surface area contributed by atoms with E-state index in [0.717, 1.165) is 13.0 Å². The molecular formula is C19H25N3O3S. The van der Waals surface area contributed by atoms with Crippen LogP contribution in [0.4, 0.5) is 0 Å². The highest BCUT2D eigenvalue weighted by Gasteiger charge is 2.25. The normalized spacial score (nSPS) is 13.9. The Labute approximate surface area is 157 Å².